The van der Waals surface area contributed by atoms with Gasteiger partial charge in [-0.15, -0.1) is 0 Å². The van der Waals surface area contributed by atoms with Gasteiger partial charge in [0.25, 0.3) is 0 Å². The first-order valence-corrected chi connectivity index (χ1v) is 5.28. The molecule has 0 rings (SSSR count). The maximum Gasteiger partial charge on any atom is 0.0824 e. The highest BCUT2D eigenvalue weighted by Gasteiger charge is 2.07. The van der Waals surface area contributed by atoms with Gasteiger partial charge >= 0.3 is 0 Å². The number of unbranched alkanes of at least 4 members (excludes halogenated alkanes) is 1. The molecule has 0 amide bonds. The monoisotopic (exact) mass is 171 g/mol. The highest BCUT2D eigenvalue weighted by atomic mass is 16.3. The summed E-state index contributed by atoms with van der Waals surface area (Å²) < 4.78 is 0. The summed E-state index contributed by atoms with van der Waals surface area (Å²) in [5.74, 6) is 1.45. The van der Waals surface area contributed by atoms with Gasteiger partial charge in [0.1, 0.15) is 0 Å². The molecule has 1 radical (unpaired) electrons. The summed E-state index contributed by atoms with van der Waals surface area (Å²) in [7, 11) is 0. The van der Waals surface area contributed by atoms with Crippen LogP contribution in [0.25, 0.3) is 0 Å². The van der Waals surface area contributed by atoms with E-state index in [4.69, 9.17) is 0 Å². The summed E-state index contributed by atoms with van der Waals surface area (Å²) in [6, 6.07) is 0. The van der Waals surface area contributed by atoms with E-state index < -0.39 is 0 Å². The van der Waals surface area contributed by atoms with E-state index in [0.29, 0.717) is 5.92 Å². The predicted octanol–water partition coefficient (Wildman–Crippen LogP) is 3.66. The Morgan fingerprint density at radius 2 is 1.67 bits per heavy atom. The Balaban J connectivity index is 3.33. The molecule has 73 valence electrons. The van der Waals surface area contributed by atoms with Crippen LogP contribution in [-0.4, -0.2) is 6.61 Å². The van der Waals surface area contributed by atoms with Crippen molar-refractivity contribution in [3.63, 3.8) is 0 Å². The van der Waals surface area contributed by atoms with Crippen molar-refractivity contribution in [3.05, 3.63) is 0 Å². The minimum absolute atomic E-state index is 0.0989. The molecule has 0 aliphatic rings. The first kappa shape index (κ1) is 12.0. The lowest BCUT2D eigenvalue weighted by Crippen LogP contribution is -2.04. The molecule has 0 heterocycles. The SMILES string of the molecule is CCCCC(C)CC(C)CC[O]. The minimum Gasteiger partial charge on any atom is -0.237 e. The van der Waals surface area contributed by atoms with Crippen molar-refractivity contribution < 1.29 is 5.11 Å². The van der Waals surface area contributed by atoms with Gasteiger partial charge in [-0.2, -0.15) is 0 Å². The zero-order chi connectivity index (χ0) is 9.40. The van der Waals surface area contributed by atoms with Crippen molar-refractivity contribution in [1.82, 2.24) is 0 Å². The van der Waals surface area contributed by atoms with E-state index in [1.807, 2.05) is 0 Å². The standard InChI is InChI=1S/C11H23O/c1-4-5-6-10(2)9-11(3)7-8-12/h10-11H,4-9H2,1-3H3. The normalized spacial score (nSPS) is 16.0. The molecule has 0 aliphatic heterocycles. The van der Waals surface area contributed by atoms with Gasteiger partial charge in [-0.1, -0.05) is 40.0 Å². The lowest BCUT2D eigenvalue weighted by molar-refractivity contribution is 0.167. The van der Waals surface area contributed by atoms with Gasteiger partial charge in [0.05, 0.1) is 6.61 Å². The largest absolute Gasteiger partial charge is 0.237 e. The number of hydrogen-bond donors (Lipinski definition) is 0. The van der Waals surface area contributed by atoms with Crippen LogP contribution in [-0.2, 0) is 5.11 Å². The molecular formula is C11H23O. The second-order valence-electron chi connectivity index (χ2n) is 4.08. The smallest absolute Gasteiger partial charge is 0.0824 e. The second kappa shape index (κ2) is 7.60. The molecule has 12 heavy (non-hydrogen) atoms. The van der Waals surface area contributed by atoms with E-state index >= 15 is 0 Å². The van der Waals surface area contributed by atoms with Gasteiger partial charge in [0.2, 0.25) is 0 Å². The molecule has 0 spiro atoms. The Hall–Kier alpha value is -0.0400. The lowest BCUT2D eigenvalue weighted by atomic mass is 9.91. The minimum atomic E-state index is 0.0989. The Bertz CT molecular complexity index is 91.0. The molecule has 0 saturated heterocycles. The fourth-order valence-electron chi connectivity index (χ4n) is 1.68. The molecule has 0 fully saturated rings. The molecule has 2 unspecified atom stereocenters. The van der Waals surface area contributed by atoms with E-state index in [9.17, 15) is 5.11 Å². The van der Waals surface area contributed by atoms with Crippen LogP contribution in [0.5, 0.6) is 0 Å². The molecule has 0 aromatic heterocycles. The molecule has 1 nitrogen and oxygen atoms in total. The highest BCUT2D eigenvalue weighted by molar-refractivity contribution is 4.59. The first-order chi connectivity index (χ1) is 5.70. The summed E-state index contributed by atoms with van der Waals surface area (Å²) in [5.41, 5.74) is 0. The van der Waals surface area contributed by atoms with Crippen molar-refractivity contribution in [1.29, 1.82) is 0 Å². The summed E-state index contributed by atoms with van der Waals surface area (Å²) in [4.78, 5) is 0. The molecule has 0 N–H and O–H groups in total. The molecule has 0 saturated carbocycles. The third-order valence-electron chi connectivity index (χ3n) is 2.47. The van der Waals surface area contributed by atoms with Crippen LogP contribution in [0.4, 0.5) is 0 Å². The van der Waals surface area contributed by atoms with Gasteiger partial charge in [-0.25, -0.2) is 5.11 Å². The average Bonchev–Trinajstić information content (AvgIpc) is 2.01. The Morgan fingerprint density at radius 3 is 2.17 bits per heavy atom. The van der Waals surface area contributed by atoms with Gasteiger partial charge in [0, 0.05) is 0 Å². The first-order valence-electron chi connectivity index (χ1n) is 5.28. The summed E-state index contributed by atoms with van der Waals surface area (Å²) in [6.45, 7) is 6.83. The van der Waals surface area contributed by atoms with E-state index in [1.54, 1.807) is 0 Å². The third kappa shape index (κ3) is 6.66. The molecular weight excluding hydrogens is 148 g/mol. The fourth-order valence-corrected chi connectivity index (χ4v) is 1.68. The topological polar surface area (TPSA) is 19.9 Å². The molecule has 0 bridgehead atoms. The summed E-state index contributed by atoms with van der Waals surface area (Å²) in [5, 5.41) is 10.3. The molecule has 0 aromatic rings. The van der Waals surface area contributed by atoms with E-state index in [-0.39, 0.29) is 6.61 Å². The zero-order valence-corrected chi connectivity index (χ0v) is 8.81. The summed E-state index contributed by atoms with van der Waals surface area (Å²) >= 11 is 0. The van der Waals surface area contributed by atoms with E-state index in [0.717, 1.165) is 12.3 Å². The van der Waals surface area contributed by atoms with Crippen molar-refractivity contribution in [2.24, 2.45) is 11.8 Å². The molecule has 2 atom stereocenters. The van der Waals surface area contributed by atoms with Crippen LogP contribution in [0, 0.1) is 11.8 Å². The van der Waals surface area contributed by atoms with E-state index in [1.165, 1.54) is 25.7 Å². The predicted molar refractivity (Wildman–Crippen MR) is 52.6 cm³/mol. The highest BCUT2D eigenvalue weighted by Crippen LogP contribution is 2.19. The zero-order valence-electron chi connectivity index (χ0n) is 8.81. The second-order valence-corrected chi connectivity index (χ2v) is 4.08. The van der Waals surface area contributed by atoms with Crippen molar-refractivity contribution >= 4 is 0 Å². The fraction of sp³-hybridized carbons (Fsp3) is 1.00. The van der Waals surface area contributed by atoms with Crippen LogP contribution in [0.1, 0.15) is 52.9 Å². The van der Waals surface area contributed by atoms with Crippen LogP contribution >= 0.6 is 0 Å². The number of rotatable bonds is 7. The van der Waals surface area contributed by atoms with Gasteiger partial charge < -0.3 is 0 Å². The molecule has 1 heteroatoms. The number of hydrogen-bond acceptors (Lipinski definition) is 0. The van der Waals surface area contributed by atoms with E-state index in [2.05, 4.69) is 20.8 Å². The van der Waals surface area contributed by atoms with Gasteiger partial charge in [-0.3, -0.25) is 0 Å². The van der Waals surface area contributed by atoms with Crippen molar-refractivity contribution in [2.45, 2.75) is 52.9 Å². The van der Waals surface area contributed by atoms with Crippen LogP contribution in [0.3, 0.4) is 0 Å². The molecule has 0 aliphatic carbocycles. The van der Waals surface area contributed by atoms with Crippen molar-refractivity contribution in [2.75, 3.05) is 6.61 Å². The van der Waals surface area contributed by atoms with Crippen LogP contribution in [0.15, 0.2) is 0 Å². The lowest BCUT2D eigenvalue weighted by Gasteiger charge is -2.15. The van der Waals surface area contributed by atoms with Crippen LogP contribution < -0.4 is 0 Å². The molecule has 0 aromatic carbocycles. The van der Waals surface area contributed by atoms with Crippen molar-refractivity contribution in [3.8, 4) is 0 Å². The third-order valence-corrected chi connectivity index (χ3v) is 2.47. The van der Waals surface area contributed by atoms with Gasteiger partial charge in [0.15, 0.2) is 0 Å². The quantitative estimate of drug-likeness (QED) is 0.557. The Labute approximate surface area is 77.2 Å². The Morgan fingerprint density at radius 1 is 1.08 bits per heavy atom. The average molecular weight is 171 g/mol. The Kier molecular flexibility index (Phi) is 7.58. The maximum absolute atomic E-state index is 10.3. The van der Waals surface area contributed by atoms with Gasteiger partial charge in [-0.05, 0) is 24.7 Å². The summed E-state index contributed by atoms with van der Waals surface area (Å²) in [6.07, 6.45) is 6.06. The van der Waals surface area contributed by atoms with Crippen LogP contribution in [0.2, 0.25) is 0 Å². The maximum atomic E-state index is 10.3.